The van der Waals surface area contributed by atoms with Crippen molar-refractivity contribution >= 4 is 12.2 Å². The molecule has 19 heavy (non-hydrogen) atoms. The Morgan fingerprint density at radius 3 is 3.00 bits per heavy atom. The van der Waals surface area contributed by atoms with Crippen molar-refractivity contribution < 1.29 is 9.53 Å². The summed E-state index contributed by atoms with van der Waals surface area (Å²) < 4.78 is 5.85. The summed E-state index contributed by atoms with van der Waals surface area (Å²) in [5, 5.41) is 3.73. The van der Waals surface area contributed by atoms with Crippen molar-refractivity contribution in [3.8, 4) is 0 Å². The van der Waals surface area contributed by atoms with Crippen molar-refractivity contribution in [1.29, 1.82) is 0 Å². The van der Waals surface area contributed by atoms with E-state index in [2.05, 4.69) is 10.5 Å². The monoisotopic (exact) mass is 261 g/mol. The predicted molar refractivity (Wildman–Crippen MR) is 73.8 cm³/mol. The van der Waals surface area contributed by atoms with Crippen molar-refractivity contribution in [3.05, 3.63) is 35.4 Å². The molecule has 0 unspecified atom stereocenters. The van der Waals surface area contributed by atoms with Crippen LogP contribution in [-0.2, 0) is 11.3 Å². The molecule has 0 atom stereocenters. The zero-order valence-corrected chi connectivity index (χ0v) is 10.8. The predicted octanol–water partition coefficient (Wildman–Crippen LogP) is 2.15. The van der Waals surface area contributed by atoms with Gasteiger partial charge in [0, 0.05) is 0 Å². The van der Waals surface area contributed by atoms with Crippen molar-refractivity contribution in [3.63, 3.8) is 0 Å². The Bertz CT molecular complexity index is 454. The van der Waals surface area contributed by atoms with Crippen LogP contribution in [0.1, 0.15) is 36.8 Å². The average molecular weight is 261 g/mol. The maximum Gasteiger partial charge on any atom is 0.332 e. The van der Waals surface area contributed by atoms with Gasteiger partial charge in [-0.05, 0) is 30.0 Å². The number of rotatable bonds is 5. The molecule has 0 bridgehead atoms. The third-order valence-electron chi connectivity index (χ3n) is 3.13. The molecule has 2 rings (SSSR count). The second-order valence-electron chi connectivity index (χ2n) is 4.70. The van der Waals surface area contributed by atoms with Crippen LogP contribution in [0.15, 0.2) is 29.4 Å². The molecule has 0 aliphatic heterocycles. The van der Waals surface area contributed by atoms with E-state index in [-0.39, 0.29) is 0 Å². The number of nitrogens with one attached hydrogen (secondary N) is 1. The molecule has 0 spiro atoms. The first-order chi connectivity index (χ1) is 9.24. The SMILES string of the molecule is NC(=O)NN=Cc1cccc(COC2CCCC2)c1. The fourth-order valence-corrected chi connectivity index (χ4v) is 2.20. The van der Waals surface area contributed by atoms with Gasteiger partial charge in [-0.2, -0.15) is 5.10 Å². The molecule has 2 amide bonds. The number of carbonyl (C=O) groups is 1. The minimum atomic E-state index is -0.669. The molecule has 0 radical (unpaired) electrons. The highest BCUT2D eigenvalue weighted by molar-refractivity contribution is 5.81. The lowest BCUT2D eigenvalue weighted by Gasteiger charge is -2.11. The highest BCUT2D eigenvalue weighted by Crippen LogP contribution is 2.22. The fraction of sp³-hybridized carbons (Fsp3) is 0.429. The Kier molecular flexibility index (Phi) is 4.92. The highest BCUT2D eigenvalue weighted by atomic mass is 16.5. The van der Waals surface area contributed by atoms with E-state index in [1.165, 1.54) is 25.7 Å². The largest absolute Gasteiger partial charge is 0.374 e. The average Bonchev–Trinajstić information content (AvgIpc) is 2.89. The van der Waals surface area contributed by atoms with Crippen LogP contribution in [0.3, 0.4) is 0 Å². The Balaban J connectivity index is 1.87. The third-order valence-corrected chi connectivity index (χ3v) is 3.13. The van der Waals surface area contributed by atoms with Gasteiger partial charge in [-0.15, -0.1) is 0 Å². The summed E-state index contributed by atoms with van der Waals surface area (Å²) in [5.41, 5.74) is 9.10. The highest BCUT2D eigenvalue weighted by Gasteiger charge is 2.14. The molecular weight excluding hydrogens is 242 g/mol. The molecule has 0 saturated heterocycles. The molecule has 1 fully saturated rings. The van der Waals surface area contributed by atoms with Gasteiger partial charge in [0.1, 0.15) is 0 Å². The molecule has 5 heteroatoms. The number of hydrazone groups is 1. The Hall–Kier alpha value is -1.88. The lowest BCUT2D eigenvalue weighted by atomic mass is 10.1. The molecule has 1 saturated carbocycles. The number of urea groups is 1. The maximum atomic E-state index is 10.5. The molecule has 0 aromatic heterocycles. The summed E-state index contributed by atoms with van der Waals surface area (Å²) >= 11 is 0. The number of hydrogen-bond acceptors (Lipinski definition) is 3. The Morgan fingerprint density at radius 2 is 2.26 bits per heavy atom. The second kappa shape index (κ2) is 6.89. The van der Waals surface area contributed by atoms with Gasteiger partial charge < -0.3 is 10.5 Å². The van der Waals surface area contributed by atoms with Crippen LogP contribution < -0.4 is 11.2 Å². The van der Waals surface area contributed by atoms with E-state index in [1.807, 2.05) is 24.3 Å². The number of nitrogens with two attached hydrogens (primary N) is 1. The van der Waals surface area contributed by atoms with Crippen molar-refractivity contribution in [2.45, 2.75) is 38.4 Å². The standard InChI is InChI=1S/C14H19N3O2/c15-14(18)17-16-9-11-4-3-5-12(8-11)10-19-13-6-1-2-7-13/h3-5,8-9,13H,1-2,6-7,10H2,(H3,15,17,18). The summed E-state index contributed by atoms with van der Waals surface area (Å²) in [5.74, 6) is 0. The first-order valence-corrected chi connectivity index (χ1v) is 6.53. The van der Waals surface area contributed by atoms with E-state index in [4.69, 9.17) is 10.5 Å². The van der Waals surface area contributed by atoms with E-state index >= 15 is 0 Å². The number of primary amides is 1. The number of carbonyl (C=O) groups excluding carboxylic acids is 1. The first kappa shape index (κ1) is 13.5. The molecule has 1 aliphatic rings. The minimum Gasteiger partial charge on any atom is -0.374 e. The smallest absolute Gasteiger partial charge is 0.332 e. The van der Waals surface area contributed by atoms with E-state index < -0.39 is 6.03 Å². The molecule has 1 aromatic rings. The first-order valence-electron chi connectivity index (χ1n) is 6.53. The number of ether oxygens (including phenoxy) is 1. The number of amides is 2. The van der Waals surface area contributed by atoms with E-state index in [9.17, 15) is 4.79 Å². The van der Waals surface area contributed by atoms with Gasteiger partial charge in [0.05, 0.1) is 18.9 Å². The quantitative estimate of drug-likeness (QED) is 0.629. The molecule has 1 aromatic carbocycles. The summed E-state index contributed by atoms with van der Waals surface area (Å²) in [7, 11) is 0. The number of nitrogens with zero attached hydrogens (tertiary/aromatic N) is 1. The summed E-state index contributed by atoms with van der Waals surface area (Å²) in [6, 6.07) is 7.19. The Morgan fingerprint density at radius 1 is 1.47 bits per heavy atom. The summed E-state index contributed by atoms with van der Waals surface area (Å²) in [6.07, 6.45) is 6.86. The lowest BCUT2D eigenvalue weighted by molar-refractivity contribution is 0.0457. The van der Waals surface area contributed by atoms with Gasteiger partial charge in [-0.1, -0.05) is 31.0 Å². The minimum absolute atomic E-state index is 0.411. The van der Waals surface area contributed by atoms with Crippen molar-refractivity contribution in [2.75, 3.05) is 0 Å². The van der Waals surface area contributed by atoms with E-state index in [0.717, 1.165) is 11.1 Å². The lowest BCUT2D eigenvalue weighted by Crippen LogP contribution is -2.24. The van der Waals surface area contributed by atoms with Gasteiger partial charge in [-0.25, -0.2) is 10.2 Å². The van der Waals surface area contributed by atoms with Crippen LogP contribution in [0.4, 0.5) is 4.79 Å². The van der Waals surface area contributed by atoms with E-state index in [0.29, 0.717) is 12.7 Å². The van der Waals surface area contributed by atoms with Crippen molar-refractivity contribution in [1.82, 2.24) is 5.43 Å². The van der Waals surface area contributed by atoms with Gasteiger partial charge in [0.25, 0.3) is 0 Å². The van der Waals surface area contributed by atoms with E-state index in [1.54, 1.807) is 6.21 Å². The summed E-state index contributed by atoms with van der Waals surface area (Å²) in [4.78, 5) is 10.5. The van der Waals surface area contributed by atoms with Crippen LogP contribution in [0.5, 0.6) is 0 Å². The topological polar surface area (TPSA) is 76.7 Å². The van der Waals surface area contributed by atoms with Crippen molar-refractivity contribution in [2.24, 2.45) is 10.8 Å². The van der Waals surface area contributed by atoms with Crippen LogP contribution >= 0.6 is 0 Å². The van der Waals surface area contributed by atoms with Gasteiger partial charge in [0.15, 0.2) is 0 Å². The molecule has 3 N–H and O–H groups in total. The third kappa shape index (κ3) is 4.71. The van der Waals surface area contributed by atoms with Gasteiger partial charge in [-0.3, -0.25) is 0 Å². The number of hydrogen-bond donors (Lipinski definition) is 2. The molecule has 102 valence electrons. The summed E-state index contributed by atoms with van der Waals surface area (Å²) in [6.45, 7) is 0.621. The molecular formula is C14H19N3O2. The number of benzene rings is 1. The molecule has 5 nitrogen and oxygen atoms in total. The second-order valence-corrected chi connectivity index (χ2v) is 4.70. The van der Waals surface area contributed by atoms with Crippen LogP contribution in [0.25, 0.3) is 0 Å². The molecule has 0 heterocycles. The van der Waals surface area contributed by atoms with Gasteiger partial charge in [0.2, 0.25) is 0 Å². The fourth-order valence-electron chi connectivity index (χ4n) is 2.20. The molecule has 1 aliphatic carbocycles. The van der Waals surface area contributed by atoms with Gasteiger partial charge >= 0.3 is 6.03 Å². The van der Waals surface area contributed by atoms with Crippen LogP contribution in [0, 0.1) is 0 Å². The maximum absolute atomic E-state index is 10.5. The van der Waals surface area contributed by atoms with Crippen LogP contribution in [-0.4, -0.2) is 18.3 Å². The Labute approximate surface area is 112 Å². The zero-order valence-electron chi connectivity index (χ0n) is 10.8. The zero-order chi connectivity index (χ0) is 13.5. The van der Waals surface area contributed by atoms with Crippen LogP contribution in [0.2, 0.25) is 0 Å². The normalized spacial score (nSPS) is 16.0.